The second-order valence-electron chi connectivity index (χ2n) is 6.86. The van der Waals surface area contributed by atoms with Gasteiger partial charge >= 0.3 is 11.9 Å². The standard InChI is InChI=1S/C23H34O4/c1-2-3-4-5-6-7-8-9-10-11-12-13-16-19-27-23(26)21-18-15-14-17-20(21)22(24)25/h4-5,14-15,17-18H,2-3,6-13,16,19H2,1H3,(H,24,25)/b5-4+. The van der Waals surface area contributed by atoms with Gasteiger partial charge in [0, 0.05) is 0 Å². The van der Waals surface area contributed by atoms with Crippen LogP contribution in [-0.4, -0.2) is 23.7 Å². The summed E-state index contributed by atoms with van der Waals surface area (Å²) in [6, 6.07) is 6.15. The quantitative estimate of drug-likeness (QED) is 0.219. The number of carboxylic acids is 1. The molecule has 0 aliphatic carbocycles. The largest absolute Gasteiger partial charge is 0.478 e. The maximum absolute atomic E-state index is 12.0. The molecule has 0 unspecified atom stereocenters. The first-order valence-electron chi connectivity index (χ1n) is 10.3. The summed E-state index contributed by atoms with van der Waals surface area (Å²) < 4.78 is 5.21. The Morgan fingerprint density at radius 1 is 0.852 bits per heavy atom. The van der Waals surface area contributed by atoms with Gasteiger partial charge in [0.05, 0.1) is 17.7 Å². The molecule has 0 aliphatic rings. The van der Waals surface area contributed by atoms with Crippen molar-refractivity contribution < 1.29 is 19.4 Å². The molecule has 4 nitrogen and oxygen atoms in total. The van der Waals surface area contributed by atoms with Crippen LogP contribution in [0.4, 0.5) is 0 Å². The molecule has 0 aliphatic heterocycles. The van der Waals surface area contributed by atoms with Crippen LogP contribution in [-0.2, 0) is 4.74 Å². The van der Waals surface area contributed by atoms with Crippen molar-refractivity contribution in [3.63, 3.8) is 0 Å². The van der Waals surface area contributed by atoms with E-state index in [1.165, 1.54) is 63.5 Å². The van der Waals surface area contributed by atoms with Crippen molar-refractivity contribution in [1.29, 1.82) is 0 Å². The van der Waals surface area contributed by atoms with E-state index in [-0.39, 0.29) is 11.1 Å². The Hall–Kier alpha value is -2.10. The third-order valence-electron chi connectivity index (χ3n) is 4.50. The van der Waals surface area contributed by atoms with Gasteiger partial charge in [-0.1, -0.05) is 76.2 Å². The van der Waals surface area contributed by atoms with Crippen LogP contribution in [0, 0.1) is 0 Å². The van der Waals surface area contributed by atoms with Crippen LogP contribution in [0.15, 0.2) is 36.4 Å². The molecule has 0 radical (unpaired) electrons. The van der Waals surface area contributed by atoms with E-state index in [4.69, 9.17) is 9.84 Å². The van der Waals surface area contributed by atoms with E-state index >= 15 is 0 Å². The molecule has 150 valence electrons. The molecule has 1 aromatic carbocycles. The highest BCUT2D eigenvalue weighted by Gasteiger charge is 2.16. The fraction of sp³-hybridized carbons (Fsp3) is 0.565. The van der Waals surface area contributed by atoms with Gasteiger partial charge in [0.2, 0.25) is 0 Å². The zero-order valence-electron chi connectivity index (χ0n) is 16.6. The molecule has 1 rings (SSSR count). The summed E-state index contributed by atoms with van der Waals surface area (Å²) in [7, 11) is 0. The SMILES string of the molecule is CCC/C=C/CCCCCCCCCCOC(=O)c1ccccc1C(=O)O. The number of hydrogen-bond donors (Lipinski definition) is 1. The molecule has 0 fully saturated rings. The molecule has 4 heteroatoms. The second kappa shape index (κ2) is 15.0. The Bertz CT molecular complexity index is 577. The van der Waals surface area contributed by atoms with Crippen molar-refractivity contribution in [1.82, 2.24) is 0 Å². The van der Waals surface area contributed by atoms with Gasteiger partial charge in [-0.15, -0.1) is 0 Å². The van der Waals surface area contributed by atoms with E-state index in [2.05, 4.69) is 19.1 Å². The van der Waals surface area contributed by atoms with Gasteiger partial charge in [0.25, 0.3) is 0 Å². The molecule has 0 bridgehead atoms. The zero-order valence-corrected chi connectivity index (χ0v) is 16.6. The minimum absolute atomic E-state index is 0.0108. The second-order valence-corrected chi connectivity index (χ2v) is 6.86. The predicted octanol–water partition coefficient (Wildman–Crippen LogP) is 6.41. The number of allylic oxidation sites excluding steroid dienone is 2. The lowest BCUT2D eigenvalue weighted by atomic mass is 10.1. The molecule has 0 saturated heterocycles. The van der Waals surface area contributed by atoms with Crippen LogP contribution in [0.1, 0.15) is 98.3 Å². The van der Waals surface area contributed by atoms with Gasteiger partial charge in [-0.2, -0.15) is 0 Å². The normalized spacial score (nSPS) is 11.0. The summed E-state index contributed by atoms with van der Waals surface area (Å²) in [6.45, 7) is 2.55. The molecule has 1 N–H and O–H groups in total. The van der Waals surface area contributed by atoms with Crippen LogP contribution in [0.2, 0.25) is 0 Å². The summed E-state index contributed by atoms with van der Waals surface area (Å²) in [4.78, 5) is 23.1. The van der Waals surface area contributed by atoms with Crippen LogP contribution < -0.4 is 0 Å². The van der Waals surface area contributed by atoms with Gasteiger partial charge < -0.3 is 9.84 Å². The van der Waals surface area contributed by atoms with E-state index in [1.807, 2.05) is 0 Å². The average Bonchev–Trinajstić information content (AvgIpc) is 2.68. The third kappa shape index (κ3) is 10.6. The van der Waals surface area contributed by atoms with E-state index in [9.17, 15) is 9.59 Å². The summed E-state index contributed by atoms with van der Waals surface area (Å²) in [5, 5.41) is 9.10. The molecule has 0 heterocycles. The first-order valence-corrected chi connectivity index (χ1v) is 10.3. The van der Waals surface area contributed by atoms with Crippen LogP contribution >= 0.6 is 0 Å². The van der Waals surface area contributed by atoms with Crippen LogP contribution in [0.3, 0.4) is 0 Å². The number of rotatable bonds is 15. The highest BCUT2D eigenvalue weighted by Crippen LogP contribution is 2.12. The Morgan fingerprint density at radius 2 is 1.41 bits per heavy atom. The topological polar surface area (TPSA) is 63.6 Å². The lowest BCUT2D eigenvalue weighted by molar-refractivity contribution is 0.0487. The number of aromatic carboxylic acids is 1. The fourth-order valence-corrected chi connectivity index (χ4v) is 2.92. The molecular weight excluding hydrogens is 340 g/mol. The number of benzene rings is 1. The van der Waals surface area contributed by atoms with Gasteiger partial charge in [0.15, 0.2) is 0 Å². The summed E-state index contributed by atoms with van der Waals surface area (Å²) in [5.41, 5.74) is 0.109. The minimum atomic E-state index is -1.11. The smallest absolute Gasteiger partial charge is 0.339 e. The van der Waals surface area contributed by atoms with Gasteiger partial charge in [-0.25, -0.2) is 9.59 Å². The number of unbranched alkanes of at least 4 members (excludes halogenated alkanes) is 9. The van der Waals surface area contributed by atoms with Crippen LogP contribution in [0.5, 0.6) is 0 Å². The van der Waals surface area contributed by atoms with Gasteiger partial charge in [-0.05, 0) is 37.8 Å². The van der Waals surface area contributed by atoms with Crippen molar-refractivity contribution in [2.45, 2.75) is 77.6 Å². The monoisotopic (exact) mass is 374 g/mol. The average molecular weight is 375 g/mol. The number of carbonyl (C=O) groups excluding carboxylic acids is 1. The van der Waals surface area contributed by atoms with E-state index in [0.29, 0.717) is 6.61 Å². The fourth-order valence-electron chi connectivity index (χ4n) is 2.92. The molecule has 0 aromatic heterocycles. The number of carbonyl (C=O) groups is 2. The Balaban J connectivity index is 2.00. The first-order chi connectivity index (χ1) is 13.2. The van der Waals surface area contributed by atoms with E-state index in [1.54, 1.807) is 12.1 Å². The predicted molar refractivity (Wildman–Crippen MR) is 109 cm³/mol. The van der Waals surface area contributed by atoms with Gasteiger partial charge in [-0.3, -0.25) is 0 Å². The molecule has 0 saturated carbocycles. The Kier molecular flexibility index (Phi) is 12.7. The molecule has 0 amide bonds. The highest BCUT2D eigenvalue weighted by atomic mass is 16.5. The third-order valence-corrected chi connectivity index (χ3v) is 4.50. The highest BCUT2D eigenvalue weighted by molar-refractivity contribution is 6.02. The lowest BCUT2D eigenvalue weighted by Crippen LogP contribution is -2.12. The summed E-state index contributed by atoms with van der Waals surface area (Å²) in [5.74, 6) is -1.67. The maximum Gasteiger partial charge on any atom is 0.339 e. The number of ether oxygens (including phenoxy) is 1. The summed E-state index contributed by atoms with van der Waals surface area (Å²) in [6.07, 6.45) is 17.6. The van der Waals surface area contributed by atoms with Crippen molar-refractivity contribution >= 4 is 11.9 Å². The molecular formula is C23H34O4. The van der Waals surface area contributed by atoms with Crippen molar-refractivity contribution in [3.8, 4) is 0 Å². The Morgan fingerprint density at radius 3 is 2.04 bits per heavy atom. The molecule has 0 spiro atoms. The number of esters is 1. The summed E-state index contributed by atoms with van der Waals surface area (Å²) >= 11 is 0. The van der Waals surface area contributed by atoms with E-state index in [0.717, 1.165) is 19.3 Å². The lowest BCUT2D eigenvalue weighted by Gasteiger charge is -2.07. The molecule has 0 atom stereocenters. The molecule has 1 aromatic rings. The maximum atomic E-state index is 12.0. The Labute approximate surface area is 163 Å². The number of hydrogen-bond acceptors (Lipinski definition) is 3. The zero-order chi connectivity index (χ0) is 19.7. The minimum Gasteiger partial charge on any atom is -0.478 e. The van der Waals surface area contributed by atoms with Crippen molar-refractivity contribution in [3.05, 3.63) is 47.5 Å². The molecule has 27 heavy (non-hydrogen) atoms. The van der Waals surface area contributed by atoms with E-state index < -0.39 is 11.9 Å². The van der Waals surface area contributed by atoms with Crippen LogP contribution in [0.25, 0.3) is 0 Å². The number of carboxylic acid groups (broad SMARTS) is 1. The van der Waals surface area contributed by atoms with Crippen molar-refractivity contribution in [2.24, 2.45) is 0 Å². The van der Waals surface area contributed by atoms with Crippen molar-refractivity contribution in [2.75, 3.05) is 6.61 Å². The van der Waals surface area contributed by atoms with Gasteiger partial charge in [0.1, 0.15) is 0 Å². The first kappa shape index (κ1) is 22.9.